The lowest BCUT2D eigenvalue weighted by atomic mass is 10.00. The average molecular weight is 283 g/mol. The quantitative estimate of drug-likeness (QED) is 0.786. The van der Waals surface area contributed by atoms with Crippen molar-refractivity contribution in [3.05, 3.63) is 48.0 Å². The summed E-state index contributed by atoms with van der Waals surface area (Å²) in [4.78, 5) is 6.04. The Hall–Kier alpha value is -2.56. The highest BCUT2D eigenvalue weighted by Crippen LogP contribution is 2.31. The number of nitrogen functional groups attached to an aromatic ring is 1. The second-order valence-electron chi connectivity index (χ2n) is 5.25. The molecule has 0 unspecified atom stereocenters. The van der Waals surface area contributed by atoms with Gasteiger partial charge in [0.05, 0.1) is 0 Å². The number of hydrogen-bond donors (Lipinski definition) is 1. The second-order valence-corrected chi connectivity index (χ2v) is 5.25. The van der Waals surface area contributed by atoms with Gasteiger partial charge in [-0.1, -0.05) is 0 Å². The number of hydrogen-bond acceptors (Lipinski definition) is 3. The van der Waals surface area contributed by atoms with Crippen molar-refractivity contribution in [1.82, 2.24) is 9.38 Å². The lowest BCUT2D eigenvalue weighted by Gasteiger charge is -2.18. The molecule has 0 aliphatic carbocycles. The highest BCUT2D eigenvalue weighted by molar-refractivity contribution is 5.74. The zero-order valence-corrected chi connectivity index (χ0v) is 12.2. The van der Waals surface area contributed by atoms with Crippen molar-refractivity contribution < 1.29 is 4.39 Å². The molecule has 0 aliphatic rings. The molecular weight excluding hydrogens is 267 g/mol. The van der Waals surface area contributed by atoms with E-state index in [0.717, 1.165) is 28.0 Å². The van der Waals surface area contributed by atoms with Crippen LogP contribution in [0.3, 0.4) is 0 Å². The van der Waals surface area contributed by atoms with Gasteiger partial charge in [0, 0.05) is 26.0 Å². The van der Waals surface area contributed by atoms with Crippen molar-refractivity contribution in [1.29, 1.82) is 0 Å². The Balaban J connectivity index is 2.21. The molecular formula is C16H16FN4. The van der Waals surface area contributed by atoms with Gasteiger partial charge in [-0.25, -0.2) is 9.37 Å². The number of anilines is 2. The maximum atomic E-state index is 13.9. The second kappa shape index (κ2) is 4.77. The van der Waals surface area contributed by atoms with Gasteiger partial charge in [0.15, 0.2) is 5.82 Å². The van der Waals surface area contributed by atoms with E-state index in [0.29, 0.717) is 5.82 Å². The molecule has 5 heteroatoms. The van der Waals surface area contributed by atoms with Crippen molar-refractivity contribution in [3.8, 4) is 11.1 Å². The van der Waals surface area contributed by atoms with Crippen molar-refractivity contribution >= 4 is 17.2 Å². The van der Waals surface area contributed by atoms with Crippen LogP contribution in [0.5, 0.6) is 0 Å². The first-order valence-corrected chi connectivity index (χ1v) is 6.60. The molecule has 3 rings (SSSR count). The maximum Gasteiger partial charge on any atom is 0.152 e. The van der Waals surface area contributed by atoms with E-state index >= 15 is 0 Å². The molecule has 2 N–H and O–H groups in total. The molecule has 2 heterocycles. The van der Waals surface area contributed by atoms with E-state index in [1.807, 2.05) is 44.2 Å². The van der Waals surface area contributed by atoms with Crippen LogP contribution in [0.4, 0.5) is 15.9 Å². The SMILES string of the molecule is Cc1c(-c2ccc3nc(N)[c]n3c2)cc(F)cc1N(C)C. The molecule has 4 nitrogen and oxygen atoms in total. The number of pyridine rings is 1. The first-order valence-electron chi connectivity index (χ1n) is 6.60. The van der Waals surface area contributed by atoms with Gasteiger partial charge in [0.1, 0.15) is 17.7 Å². The number of nitrogens with zero attached hydrogens (tertiary/aromatic N) is 3. The number of halogens is 1. The van der Waals surface area contributed by atoms with Crippen molar-refractivity contribution in [3.63, 3.8) is 0 Å². The van der Waals surface area contributed by atoms with Gasteiger partial charge >= 0.3 is 0 Å². The van der Waals surface area contributed by atoms with Crippen LogP contribution in [0.1, 0.15) is 5.56 Å². The molecule has 107 valence electrons. The average Bonchev–Trinajstić information content (AvgIpc) is 2.79. The van der Waals surface area contributed by atoms with Crippen molar-refractivity contribution in [2.24, 2.45) is 0 Å². The Kier molecular flexibility index (Phi) is 3.05. The molecule has 0 saturated carbocycles. The Morgan fingerprint density at radius 3 is 2.76 bits per heavy atom. The minimum absolute atomic E-state index is 0.256. The number of benzene rings is 1. The predicted octanol–water partition coefficient (Wildman–Crippen LogP) is 2.90. The van der Waals surface area contributed by atoms with Crippen molar-refractivity contribution in [2.45, 2.75) is 6.92 Å². The monoisotopic (exact) mass is 283 g/mol. The number of aromatic nitrogens is 2. The third-order valence-electron chi connectivity index (χ3n) is 3.53. The van der Waals surface area contributed by atoms with Gasteiger partial charge in [0.2, 0.25) is 0 Å². The van der Waals surface area contributed by atoms with Crippen LogP contribution in [0.2, 0.25) is 0 Å². The van der Waals surface area contributed by atoms with Gasteiger partial charge in [-0.15, -0.1) is 0 Å². The summed E-state index contributed by atoms with van der Waals surface area (Å²) < 4.78 is 15.6. The smallest absolute Gasteiger partial charge is 0.152 e. The molecule has 0 spiro atoms. The zero-order chi connectivity index (χ0) is 15.1. The van der Waals surface area contributed by atoms with Crippen molar-refractivity contribution in [2.75, 3.05) is 24.7 Å². The van der Waals surface area contributed by atoms with Gasteiger partial charge < -0.3 is 10.6 Å². The molecule has 0 fully saturated rings. The molecule has 21 heavy (non-hydrogen) atoms. The maximum absolute atomic E-state index is 13.9. The largest absolute Gasteiger partial charge is 0.382 e. The Morgan fingerprint density at radius 2 is 2.05 bits per heavy atom. The lowest BCUT2D eigenvalue weighted by Crippen LogP contribution is -2.11. The fraction of sp³-hybridized carbons (Fsp3) is 0.188. The summed E-state index contributed by atoms with van der Waals surface area (Å²) in [5, 5.41) is 0. The molecule has 1 aromatic carbocycles. The molecule has 0 atom stereocenters. The predicted molar refractivity (Wildman–Crippen MR) is 82.9 cm³/mol. The van der Waals surface area contributed by atoms with Gasteiger partial charge in [-0.2, -0.15) is 0 Å². The molecule has 3 aromatic rings. The normalized spacial score (nSPS) is 11.0. The summed E-state index contributed by atoms with van der Waals surface area (Å²) in [6, 6.07) is 6.85. The topological polar surface area (TPSA) is 46.6 Å². The van der Waals surface area contributed by atoms with Gasteiger partial charge in [-0.3, -0.25) is 4.40 Å². The Bertz CT molecular complexity index is 821. The van der Waals surface area contributed by atoms with Crippen LogP contribution in [0, 0.1) is 18.9 Å². The summed E-state index contributed by atoms with van der Waals surface area (Å²) in [5.41, 5.74) is 9.99. The fourth-order valence-corrected chi connectivity index (χ4v) is 2.53. The molecule has 0 amide bonds. The summed E-state index contributed by atoms with van der Waals surface area (Å²) in [6.45, 7) is 1.99. The van der Waals surface area contributed by atoms with Crippen LogP contribution < -0.4 is 10.6 Å². The Morgan fingerprint density at radius 1 is 1.29 bits per heavy atom. The number of fused-ring (bicyclic) bond motifs is 1. The van der Waals surface area contributed by atoms with Crippen LogP contribution in [0.25, 0.3) is 16.8 Å². The van der Waals surface area contributed by atoms with Crippen LogP contribution >= 0.6 is 0 Å². The van der Waals surface area contributed by atoms with E-state index in [9.17, 15) is 4.39 Å². The third-order valence-corrected chi connectivity index (χ3v) is 3.53. The molecule has 0 aliphatic heterocycles. The van der Waals surface area contributed by atoms with E-state index in [4.69, 9.17) is 5.73 Å². The highest BCUT2D eigenvalue weighted by atomic mass is 19.1. The molecule has 0 bridgehead atoms. The number of nitrogens with two attached hydrogens (primary N) is 1. The van der Waals surface area contributed by atoms with Crippen LogP contribution in [0.15, 0.2) is 30.5 Å². The van der Waals surface area contributed by atoms with E-state index in [-0.39, 0.29) is 5.82 Å². The van der Waals surface area contributed by atoms with Crippen LogP contribution in [-0.2, 0) is 0 Å². The number of rotatable bonds is 2. The Labute approximate surface area is 122 Å². The molecule has 2 aromatic heterocycles. The summed E-state index contributed by atoms with van der Waals surface area (Å²) in [7, 11) is 3.80. The van der Waals surface area contributed by atoms with Gasteiger partial charge in [0.25, 0.3) is 0 Å². The summed E-state index contributed by atoms with van der Waals surface area (Å²) in [5.74, 6) is 0.0885. The third kappa shape index (κ3) is 2.31. The first-order chi connectivity index (χ1) is 9.95. The first kappa shape index (κ1) is 13.4. The molecule has 0 saturated heterocycles. The van der Waals surface area contributed by atoms with E-state index in [2.05, 4.69) is 11.2 Å². The molecule has 1 radical (unpaired) electrons. The van der Waals surface area contributed by atoms with E-state index in [1.54, 1.807) is 16.5 Å². The van der Waals surface area contributed by atoms with Crippen LogP contribution in [-0.4, -0.2) is 23.5 Å². The number of imidazole rings is 1. The fourth-order valence-electron chi connectivity index (χ4n) is 2.53. The van der Waals surface area contributed by atoms with E-state index in [1.165, 1.54) is 0 Å². The van der Waals surface area contributed by atoms with E-state index < -0.39 is 0 Å². The van der Waals surface area contributed by atoms with Gasteiger partial charge in [-0.05, 0) is 47.9 Å². The standard InChI is InChI=1S/C16H16FN4/c1-10-13(6-12(17)7-14(10)20(2)3)11-4-5-16-19-15(18)9-21(16)8-11/h4-8H,18H2,1-3H3. The minimum atomic E-state index is -0.256. The zero-order valence-electron chi connectivity index (χ0n) is 12.2. The summed E-state index contributed by atoms with van der Waals surface area (Å²) >= 11 is 0. The highest BCUT2D eigenvalue weighted by Gasteiger charge is 2.12. The lowest BCUT2D eigenvalue weighted by molar-refractivity contribution is 0.627. The summed E-state index contributed by atoms with van der Waals surface area (Å²) in [6.07, 6.45) is 4.78. The minimum Gasteiger partial charge on any atom is -0.382 e.